The molecule has 2 atom stereocenters. The third kappa shape index (κ3) is 3.76. The molecule has 0 N–H and O–H groups in total. The first-order chi connectivity index (χ1) is 6.38. The van der Waals surface area contributed by atoms with Crippen molar-refractivity contribution >= 4 is 10.9 Å². The van der Waals surface area contributed by atoms with Crippen LogP contribution >= 0.6 is 0 Å². The zero-order chi connectivity index (χ0) is 9.52. The summed E-state index contributed by atoms with van der Waals surface area (Å²) in [5, 5.41) is 1.06. The number of rotatable bonds is 6. The molecule has 2 unspecified atom stereocenters. The van der Waals surface area contributed by atoms with Crippen LogP contribution in [0.5, 0.6) is 0 Å². The summed E-state index contributed by atoms with van der Waals surface area (Å²) in [5.41, 5.74) is 0. The van der Waals surface area contributed by atoms with Crippen molar-refractivity contribution in [2.24, 2.45) is 0 Å². The van der Waals surface area contributed by atoms with Crippen LogP contribution in [0.2, 0.25) is 0 Å². The summed E-state index contributed by atoms with van der Waals surface area (Å²) >= 11 is 0. The number of hydrogen-bond donors (Lipinski definition) is 0. The number of hydrogen-bond acceptors (Lipinski definition) is 0. The first kappa shape index (κ1) is 11.2. The first-order valence-corrected chi connectivity index (χ1v) is 7.28. The molecule has 13 heavy (non-hydrogen) atoms. The van der Waals surface area contributed by atoms with E-state index in [1.54, 1.807) is 0 Å². The monoisotopic (exact) mass is 199 g/mol. The van der Waals surface area contributed by atoms with E-state index in [2.05, 4.69) is 19.6 Å². The lowest BCUT2D eigenvalue weighted by Crippen LogP contribution is -2.18. The summed E-state index contributed by atoms with van der Waals surface area (Å²) in [6.45, 7) is 6.15. The maximum Gasteiger partial charge on any atom is 0.126 e. The first-order valence-electron chi connectivity index (χ1n) is 5.65. The lowest BCUT2D eigenvalue weighted by Gasteiger charge is -2.09. The quantitative estimate of drug-likeness (QED) is 0.349. The minimum Gasteiger partial charge on any atom is -0.0985 e. The third-order valence-corrected chi connectivity index (χ3v) is 5.76. The van der Waals surface area contributed by atoms with Gasteiger partial charge in [-0.25, -0.2) is 0 Å². The van der Waals surface area contributed by atoms with Gasteiger partial charge in [0.2, 0.25) is 0 Å². The average molecular weight is 199 g/mol. The molecule has 0 spiro atoms. The second-order valence-electron chi connectivity index (χ2n) is 3.96. The van der Waals surface area contributed by atoms with Crippen molar-refractivity contribution in [3.8, 4) is 0 Å². The molecule has 0 amide bonds. The predicted molar refractivity (Wildman–Crippen MR) is 64.5 cm³/mol. The third-order valence-electron chi connectivity index (χ3n) is 2.87. The molecule has 1 fully saturated rings. The zero-order valence-corrected chi connectivity index (χ0v) is 9.74. The summed E-state index contributed by atoms with van der Waals surface area (Å²) in [6, 6.07) is 0. The van der Waals surface area contributed by atoms with Crippen LogP contribution < -0.4 is 0 Å². The molecule has 1 heteroatoms. The zero-order valence-electron chi connectivity index (χ0n) is 8.93. The molecule has 1 aliphatic heterocycles. The van der Waals surface area contributed by atoms with Crippen molar-refractivity contribution in [3.05, 3.63) is 12.7 Å². The molecule has 76 valence electrons. The Bertz CT molecular complexity index is 142. The van der Waals surface area contributed by atoms with E-state index in [9.17, 15) is 0 Å². The Labute approximate surface area is 86.1 Å². The summed E-state index contributed by atoms with van der Waals surface area (Å²) < 4.78 is 0. The SMILES string of the molecule is C=CC[S+]1CCCC1CCCCC. The van der Waals surface area contributed by atoms with Gasteiger partial charge in [-0.3, -0.25) is 0 Å². The van der Waals surface area contributed by atoms with Gasteiger partial charge in [-0.1, -0.05) is 26.3 Å². The Morgan fingerprint density at radius 2 is 2.31 bits per heavy atom. The Kier molecular flexibility index (Phi) is 5.61. The van der Waals surface area contributed by atoms with Crippen LogP contribution in [-0.4, -0.2) is 16.8 Å². The molecular formula is C12H23S+. The predicted octanol–water partition coefficient (Wildman–Crippen LogP) is 3.53. The number of unbranched alkanes of at least 4 members (excludes halogenated alkanes) is 2. The van der Waals surface area contributed by atoms with Gasteiger partial charge in [0.1, 0.15) is 16.8 Å². The van der Waals surface area contributed by atoms with Gasteiger partial charge in [0.25, 0.3) is 0 Å². The molecule has 0 aromatic carbocycles. The van der Waals surface area contributed by atoms with E-state index < -0.39 is 0 Å². The highest BCUT2D eigenvalue weighted by atomic mass is 32.2. The van der Waals surface area contributed by atoms with Gasteiger partial charge in [-0.15, -0.1) is 0 Å². The fourth-order valence-corrected chi connectivity index (χ4v) is 4.75. The van der Waals surface area contributed by atoms with Gasteiger partial charge in [0.05, 0.1) is 0 Å². The topological polar surface area (TPSA) is 0 Å². The Balaban J connectivity index is 2.18. The molecule has 1 rings (SSSR count). The minimum atomic E-state index is 0.713. The standard InChI is InChI=1S/C12H23S/c1-3-5-6-8-12-9-7-11-13(12)10-4-2/h4,12H,2-3,5-11H2,1H3/q+1. The van der Waals surface area contributed by atoms with Gasteiger partial charge < -0.3 is 0 Å². The fraction of sp³-hybridized carbons (Fsp3) is 0.833. The van der Waals surface area contributed by atoms with E-state index in [0.29, 0.717) is 10.9 Å². The molecule has 1 aliphatic rings. The Hall–Kier alpha value is 0.0900. The van der Waals surface area contributed by atoms with Crippen molar-refractivity contribution in [2.75, 3.05) is 11.5 Å². The highest BCUT2D eigenvalue weighted by molar-refractivity contribution is 7.97. The van der Waals surface area contributed by atoms with Crippen molar-refractivity contribution in [2.45, 2.75) is 50.7 Å². The minimum absolute atomic E-state index is 0.713. The summed E-state index contributed by atoms with van der Waals surface area (Å²) in [6.07, 6.45) is 10.9. The van der Waals surface area contributed by atoms with Crippen molar-refractivity contribution in [1.82, 2.24) is 0 Å². The molecule has 0 saturated carbocycles. The fourth-order valence-electron chi connectivity index (χ4n) is 2.13. The summed E-state index contributed by atoms with van der Waals surface area (Å²) in [5.74, 6) is 2.78. The van der Waals surface area contributed by atoms with Gasteiger partial charge in [-0.05, 0) is 42.7 Å². The second kappa shape index (κ2) is 6.53. The summed E-state index contributed by atoms with van der Waals surface area (Å²) in [7, 11) is 0.713. The van der Waals surface area contributed by atoms with E-state index in [1.165, 1.54) is 50.0 Å². The molecule has 0 nitrogen and oxygen atoms in total. The molecule has 0 radical (unpaired) electrons. The van der Waals surface area contributed by atoms with Gasteiger partial charge in [0.15, 0.2) is 0 Å². The van der Waals surface area contributed by atoms with Crippen LogP contribution in [0, 0.1) is 0 Å². The molecule has 0 aromatic rings. The Morgan fingerprint density at radius 1 is 1.46 bits per heavy atom. The normalized spacial score (nSPS) is 27.8. The Morgan fingerprint density at radius 3 is 3.00 bits per heavy atom. The highest BCUT2D eigenvalue weighted by Crippen LogP contribution is 2.27. The lowest BCUT2D eigenvalue weighted by molar-refractivity contribution is 0.628. The van der Waals surface area contributed by atoms with Crippen LogP contribution in [0.15, 0.2) is 12.7 Å². The van der Waals surface area contributed by atoms with Crippen molar-refractivity contribution in [1.29, 1.82) is 0 Å². The van der Waals surface area contributed by atoms with Gasteiger partial charge >= 0.3 is 0 Å². The summed E-state index contributed by atoms with van der Waals surface area (Å²) in [4.78, 5) is 0. The van der Waals surface area contributed by atoms with E-state index in [4.69, 9.17) is 0 Å². The van der Waals surface area contributed by atoms with Crippen LogP contribution in [-0.2, 0) is 10.9 Å². The molecule has 1 saturated heterocycles. The van der Waals surface area contributed by atoms with Crippen molar-refractivity contribution < 1.29 is 0 Å². The van der Waals surface area contributed by atoms with Gasteiger partial charge in [0, 0.05) is 0 Å². The van der Waals surface area contributed by atoms with Crippen LogP contribution in [0.25, 0.3) is 0 Å². The highest BCUT2D eigenvalue weighted by Gasteiger charge is 2.33. The van der Waals surface area contributed by atoms with Crippen LogP contribution in [0.4, 0.5) is 0 Å². The molecular weight excluding hydrogens is 176 g/mol. The van der Waals surface area contributed by atoms with E-state index in [0.717, 1.165) is 5.25 Å². The smallest absolute Gasteiger partial charge is 0.0985 e. The van der Waals surface area contributed by atoms with E-state index >= 15 is 0 Å². The molecule has 1 heterocycles. The molecule has 0 bridgehead atoms. The molecule has 0 aliphatic carbocycles. The van der Waals surface area contributed by atoms with Crippen LogP contribution in [0.1, 0.15) is 45.4 Å². The second-order valence-corrected chi connectivity index (χ2v) is 6.44. The molecule has 0 aromatic heterocycles. The largest absolute Gasteiger partial charge is 0.126 e. The maximum absolute atomic E-state index is 3.86. The lowest BCUT2D eigenvalue weighted by atomic mass is 10.1. The van der Waals surface area contributed by atoms with E-state index in [-0.39, 0.29) is 0 Å². The van der Waals surface area contributed by atoms with E-state index in [1.807, 2.05) is 0 Å². The van der Waals surface area contributed by atoms with Crippen molar-refractivity contribution in [3.63, 3.8) is 0 Å². The van der Waals surface area contributed by atoms with Gasteiger partial charge in [-0.2, -0.15) is 0 Å². The maximum atomic E-state index is 3.86. The average Bonchev–Trinajstić information content (AvgIpc) is 2.54. The van der Waals surface area contributed by atoms with Crippen LogP contribution in [0.3, 0.4) is 0 Å².